The van der Waals surface area contributed by atoms with E-state index in [4.69, 9.17) is 16.0 Å². The smallest absolute Gasteiger partial charge is 0.373 e. The van der Waals surface area contributed by atoms with Gasteiger partial charge in [0.2, 0.25) is 5.76 Å². The number of benzene rings is 1. The molecule has 2 heterocycles. The van der Waals surface area contributed by atoms with E-state index in [0.29, 0.717) is 11.8 Å². The molecule has 0 atom stereocenters. The van der Waals surface area contributed by atoms with E-state index >= 15 is 0 Å². The molecule has 3 rings (SSSR count). The molecule has 9 heteroatoms. The minimum absolute atomic E-state index is 0.0330. The molecule has 0 bridgehead atoms. The predicted molar refractivity (Wildman–Crippen MR) is 93.0 cm³/mol. The number of amides is 2. The van der Waals surface area contributed by atoms with Crippen molar-refractivity contribution >= 4 is 46.6 Å². The Bertz CT molecular complexity index is 919. The molecule has 1 aromatic carbocycles. The number of nitrogens with zero attached hydrogens (tertiary/aromatic N) is 1. The largest absolute Gasteiger partial charge is 0.463 e. The normalized spacial score (nSPS) is 15.8. The van der Waals surface area contributed by atoms with E-state index in [1.54, 1.807) is 0 Å². The Kier molecular flexibility index (Phi) is 5.15. The zero-order valence-corrected chi connectivity index (χ0v) is 14.9. The highest BCUT2D eigenvalue weighted by atomic mass is 35.5. The Balaban J connectivity index is 1.82. The molecule has 26 heavy (non-hydrogen) atoms. The molecular formula is C17H11ClFNO5S. The summed E-state index contributed by atoms with van der Waals surface area (Å²) in [7, 11) is 1.21. The first-order valence-electron chi connectivity index (χ1n) is 7.27. The quantitative estimate of drug-likeness (QED) is 0.573. The SMILES string of the molecule is COC(=O)c1ccc(CN2C(=O)S/C(=C/c3c(F)cccc3Cl)C2=O)o1. The maximum Gasteiger partial charge on any atom is 0.373 e. The number of thioether (sulfide) groups is 1. The zero-order valence-electron chi connectivity index (χ0n) is 13.3. The number of ether oxygens (including phenoxy) is 1. The van der Waals surface area contributed by atoms with Crippen LogP contribution in [0.5, 0.6) is 0 Å². The van der Waals surface area contributed by atoms with Crippen LogP contribution < -0.4 is 0 Å². The van der Waals surface area contributed by atoms with Crippen LogP contribution in [0.25, 0.3) is 6.08 Å². The van der Waals surface area contributed by atoms with Gasteiger partial charge in [-0.25, -0.2) is 9.18 Å². The van der Waals surface area contributed by atoms with Gasteiger partial charge in [-0.15, -0.1) is 0 Å². The van der Waals surface area contributed by atoms with Gasteiger partial charge in [0.25, 0.3) is 11.1 Å². The van der Waals surface area contributed by atoms with E-state index in [2.05, 4.69) is 4.74 Å². The van der Waals surface area contributed by atoms with Crippen LogP contribution in [0.1, 0.15) is 21.9 Å². The maximum atomic E-state index is 13.9. The second kappa shape index (κ2) is 7.35. The van der Waals surface area contributed by atoms with E-state index in [1.807, 2.05) is 0 Å². The van der Waals surface area contributed by atoms with E-state index < -0.39 is 22.9 Å². The number of carbonyl (C=O) groups is 3. The van der Waals surface area contributed by atoms with Gasteiger partial charge in [0.05, 0.1) is 23.6 Å². The van der Waals surface area contributed by atoms with Gasteiger partial charge in [-0.1, -0.05) is 17.7 Å². The first kappa shape index (κ1) is 18.2. The second-order valence-corrected chi connectivity index (χ2v) is 6.56. The standard InChI is InChI=1S/C17H11ClFNO5S/c1-24-16(22)13-6-5-9(25-13)8-20-15(21)14(26-17(20)23)7-10-11(18)3-2-4-12(10)19/h2-7H,8H2,1H3/b14-7+. The lowest BCUT2D eigenvalue weighted by atomic mass is 10.2. The van der Waals surface area contributed by atoms with Crippen LogP contribution in [-0.4, -0.2) is 29.1 Å². The summed E-state index contributed by atoms with van der Waals surface area (Å²) in [5, 5.41) is -0.407. The lowest BCUT2D eigenvalue weighted by molar-refractivity contribution is -0.123. The maximum absolute atomic E-state index is 13.9. The number of halogens is 2. The van der Waals surface area contributed by atoms with Crippen LogP contribution in [0.3, 0.4) is 0 Å². The summed E-state index contributed by atoms with van der Waals surface area (Å²) < 4.78 is 23.7. The molecular weight excluding hydrogens is 385 g/mol. The fourth-order valence-corrected chi connectivity index (χ4v) is 3.28. The number of esters is 1. The average molecular weight is 396 g/mol. The van der Waals surface area contributed by atoms with Crippen molar-refractivity contribution in [1.82, 2.24) is 4.90 Å². The molecule has 1 aliphatic rings. The van der Waals surface area contributed by atoms with Crippen LogP contribution >= 0.6 is 23.4 Å². The first-order chi connectivity index (χ1) is 12.4. The molecule has 1 aromatic heterocycles. The number of imide groups is 1. The Morgan fingerprint density at radius 3 is 2.81 bits per heavy atom. The van der Waals surface area contributed by atoms with Gasteiger partial charge in [0.1, 0.15) is 11.6 Å². The molecule has 1 aliphatic heterocycles. The van der Waals surface area contributed by atoms with Crippen molar-refractivity contribution in [3.05, 3.63) is 63.2 Å². The lowest BCUT2D eigenvalue weighted by Crippen LogP contribution is -2.27. The number of hydrogen-bond donors (Lipinski definition) is 0. The summed E-state index contributed by atoms with van der Waals surface area (Å²) in [5.41, 5.74) is 0.0330. The third kappa shape index (κ3) is 3.51. The van der Waals surface area contributed by atoms with Crippen LogP contribution in [0.15, 0.2) is 39.7 Å². The van der Waals surface area contributed by atoms with Crippen molar-refractivity contribution in [3.63, 3.8) is 0 Å². The Morgan fingerprint density at radius 1 is 1.35 bits per heavy atom. The Morgan fingerprint density at radius 2 is 2.12 bits per heavy atom. The third-order valence-corrected chi connectivity index (χ3v) is 4.75. The van der Waals surface area contributed by atoms with Crippen molar-refractivity contribution in [2.45, 2.75) is 6.54 Å². The van der Waals surface area contributed by atoms with Gasteiger partial charge in [0, 0.05) is 5.56 Å². The highest BCUT2D eigenvalue weighted by Gasteiger charge is 2.36. The number of hydrogen-bond acceptors (Lipinski definition) is 6. The van der Waals surface area contributed by atoms with E-state index in [9.17, 15) is 18.8 Å². The Labute approximate surface area is 156 Å². The topological polar surface area (TPSA) is 76.8 Å². The molecule has 0 N–H and O–H groups in total. The van der Waals surface area contributed by atoms with E-state index in [-0.39, 0.29) is 33.6 Å². The molecule has 0 saturated carbocycles. The van der Waals surface area contributed by atoms with Gasteiger partial charge in [-0.05, 0) is 42.1 Å². The van der Waals surface area contributed by atoms with Crippen LogP contribution in [0.2, 0.25) is 5.02 Å². The monoisotopic (exact) mass is 395 g/mol. The molecule has 134 valence electrons. The van der Waals surface area contributed by atoms with Crippen LogP contribution in [0, 0.1) is 5.82 Å². The summed E-state index contributed by atoms with van der Waals surface area (Å²) in [6, 6.07) is 6.98. The number of carbonyl (C=O) groups excluding carboxylic acids is 3. The van der Waals surface area contributed by atoms with Crippen LogP contribution in [0.4, 0.5) is 9.18 Å². The van der Waals surface area contributed by atoms with Gasteiger partial charge in [0.15, 0.2) is 0 Å². The van der Waals surface area contributed by atoms with Gasteiger partial charge >= 0.3 is 5.97 Å². The van der Waals surface area contributed by atoms with Gasteiger partial charge in [-0.2, -0.15) is 0 Å². The van der Waals surface area contributed by atoms with E-state index in [1.165, 1.54) is 43.5 Å². The minimum atomic E-state index is -0.667. The summed E-state index contributed by atoms with van der Waals surface area (Å²) >= 11 is 6.61. The fraction of sp³-hybridized carbons (Fsp3) is 0.118. The van der Waals surface area contributed by atoms with Crippen molar-refractivity contribution < 1.29 is 27.9 Å². The molecule has 6 nitrogen and oxygen atoms in total. The zero-order chi connectivity index (χ0) is 18.8. The highest BCUT2D eigenvalue weighted by molar-refractivity contribution is 8.18. The van der Waals surface area contributed by atoms with E-state index in [0.717, 1.165) is 4.90 Å². The number of furan rings is 1. The van der Waals surface area contributed by atoms with Gasteiger partial charge in [-0.3, -0.25) is 14.5 Å². The lowest BCUT2D eigenvalue weighted by Gasteiger charge is -2.10. The summed E-state index contributed by atoms with van der Waals surface area (Å²) in [4.78, 5) is 37.0. The molecule has 0 radical (unpaired) electrons. The molecule has 0 spiro atoms. The molecule has 1 fully saturated rings. The Hall–Kier alpha value is -2.58. The highest BCUT2D eigenvalue weighted by Crippen LogP contribution is 2.35. The summed E-state index contributed by atoms with van der Waals surface area (Å²) in [5.74, 6) is -1.67. The molecule has 2 aromatic rings. The molecule has 2 amide bonds. The van der Waals surface area contributed by atoms with Crippen molar-refractivity contribution in [1.29, 1.82) is 0 Å². The first-order valence-corrected chi connectivity index (χ1v) is 8.46. The van der Waals surface area contributed by atoms with Crippen molar-refractivity contribution in [3.8, 4) is 0 Å². The van der Waals surface area contributed by atoms with Crippen molar-refractivity contribution in [2.75, 3.05) is 7.11 Å². The average Bonchev–Trinajstić information content (AvgIpc) is 3.18. The number of rotatable bonds is 4. The fourth-order valence-electron chi connectivity index (χ4n) is 2.25. The number of methoxy groups -OCH3 is 1. The predicted octanol–water partition coefficient (Wildman–Crippen LogP) is 4.10. The third-order valence-electron chi connectivity index (χ3n) is 3.51. The summed E-state index contributed by atoms with van der Waals surface area (Å²) in [6.07, 6.45) is 1.24. The summed E-state index contributed by atoms with van der Waals surface area (Å²) in [6.45, 7) is -0.163. The molecule has 0 aliphatic carbocycles. The molecule has 0 unspecified atom stereocenters. The van der Waals surface area contributed by atoms with Crippen LogP contribution in [-0.2, 0) is 16.1 Å². The van der Waals surface area contributed by atoms with Gasteiger partial charge < -0.3 is 9.15 Å². The second-order valence-electron chi connectivity index (χ2n) is 5.16. The minimum Gasteiger partial charge on any atom is -0.463 e. The molecule has 1 saturated heterocycles. The van der Waals surface area contributed by atoms with Crippen molar-refractivity contribution in [2.24, 2.45) is 0 Å².